The van der Waals surface area contributed by atoms with Crippen molar-refractivity contribution in [3.05, 3.63) is 33.9 Å². The van der Waals surface area contributed by atoms with Gasteiger partial charge in [0.2, 0.25) is 0 Å². The van der Waals surface area contributed by atoms with E-state index in [0.29, 0.717) is 12.2 Å². The lowest BCUT2D eigenvalue weighted by atomic mass is 10.1. The number of nitrogens with zero attached hydrogens (tertiary/aromatic N) is 2. The molecular formula is C16H23N3O5. The number of nitro benzene ring substituents is 1. The monoisotopic (exact) mass is 337 g/mol. The summed E-state index contributed by atoms with van der Waals surface area (Å²) in [6, 6.07) is 3.43. The highest BCUT2D eigenvalue weighted by atomic mass is 16.6. The Hall–Kier alpha value is -2.64. The van der Waals surface area contributed by atoms with Crippen molar-refractivity contribution in [2.75, 3.05) is 25.6 Å². The molecule has 0 aliphatic carbocycles. The van der Waals surface area contributed by atoms with Gasteiger partial charge in [-0.25, -0.2) is 4.79 Å². The summed E-state index contributed by atoms with van der Waals surface area (Å²) in [6.45, 7) is 4.20. The lowest BCUT2D eigenvalue weighted by molar-refractivity contribution is -0.384. The summed E-state index contributed by atoms with van der Waals surface area (Å²) in [4.78, 5) is 36.1. The molecule has 0 heterocycles. The van der Waals surface area contributed by atoms with E-state index in [2.05, 4.69) is 10.1 Å². The third-order valence-corrected chi connectivity index (χ3v) is 3.59. The molecule has 0 fully saturated rings. The molecule has 1 amide bonds. The van der Waals surface area contributed by atoms with Crippen molar-refractivity contribution in [2.45, 2.75) is 32.7 Å². The zero-order valence-corrected chi connectivity index (χ0v) is 14.4. The molecule has 1 unspecified atom stereocenters. The van der Waals surface area contributed by atoms with E-state index in [1.807, 2.05) is 6.92 Å². The van der Waals surface area contributed by atoms with Gasteiger partial charge in [0, 0.05) is 25.2 Å². The molecule has 0 saturated heterocycles. The second-order valence-electron chi connectivity index (χ2n) is 5.45. The number of anilines is 1. The molecule has 0 aliphatic rings. The number of carbonyl (C=O) groups excluding carboxylic acids is 2. The van der Waals surface area contributed by atoms with Gasteiger partial charge >= 0.3 is 5.97 Å². The summed E-state index contributed by atoms with van der Waals surface area (Å²) in [6.07, 6.45) is 1.89. The van der Waals surface area contributed by atoms with Gasteiger partial charge in [0.25, 0.3) is 11.6 Å². The molecule has 1 rings (SSSR count). The van der Waals surface area contributed by atoms with Gasteiger partial charge in [-0.3, -0.25) is 14.9 Å². The zero-order valence-electron chi connectivity index (χ0n) is 14.4. The first-order valence-corrected chi connectivity index (χ1v) is 7.70. The minimum absolute atomic E-state index is 0.116. The van der Waals surface area contributed by atoms with E-state index < -0.39 is 22.8 Å². The fourth-order valence-corrected chi connectivity index (χ4v) is 2.17. The molecule has 1 aromatic rings. The van der Waals surface area contributed by atoms with Gasteiger partial charge in [-0.05, 0) is 25.5 Å². The minimum atomic E-state index is -0.839. The van der Waals surface area contributed by atoms with Crippen LogP contribution in [0.3, 0.4) is 0 Å². The summed E-state index contributed by atoms with van der Waals surface area (Å²) >= 11 is 0. The molecule has 0 aliphatic heterocycles. The van der Waals surface area contributed by atoms with Crippen molar-refractivity contribution in [3.8, 4) is 0 Å². The summed E-state index contributed by atoms with van der Waals surface area (Å²) in [5.74, 6) is -1.16. The molecule has 1 aromatic carbocycles. The maximum Gasteiger partial charge on any atom is 0.328 e. The van der Waals surface area contributed by atoms with E-state index in [1.165, 1.54) is 26.2 Å². The smallest absolute Gasteiger partial charge is 0.328 e. The number of esters is 1. The van der Waals surface area contributed by atoms with Gasteiger partial charge in [0.1, 0.15) is 11.7 Å². The van der Waals surface area contributed by atoms with Crippen LogP contribution in [-0.4, -0.2) is 43.5 Å². The first-order chi connectivity index (χ1) is 11.3. The van der Waals surface area contributed by atoms with Gasteiger partial charge in [-0.2, -0.15) is 0 Å². The fourth-order valence-electron chi connectivity index (χ4n) is 2.17. The van der Waals surface area contributed by atoms with E-state index >= 15 is 0 Å². The first-order valence-electron chi connectivity index (χ1n) is 7.70. The van der Waals surface area contributed by atoms with Crippen LogP contribution < -0.4 is 10.2 Å². The fraction of sp³-hybridized carbons (Fsp3) is 0.500. The van der Waals surface area contributed by atoms with Gasteiger partial charge < -0.3 is 15.0 Å². The largest absolute Gasteiger partial charge is 0.467 e. The number of nitro groups is 1. The Morgan fingerprint density at radius 1 is 1.42 bits per heavy atom. The van der Waals surface area contributed by atoms with Gasteiger partial charge in [-0.15, -0.1) is 0 Å². The first kappa shape index (κ1) is 19.4. The van der Waals surface area contributed by atoms with Crippen molar-refractivity contribution in [1.82, 2.24) is 5.32 Å². The number of unbranched alkanes of at least 4 members (excludes halogenated alkanes) is 1. The molecule has 132 valence electrons. The molecule has 0 spiro atoms. The molecular weight excluding hydrogens is 314 g/mol. The van der Waals surface area contributed by atoms with Crippen LogP contribution in [0.1, 0.15) is 37.0 Å². The summed E-state index contributed by atoms with van der Waals surface area (Å²) < 4.78 is 4.53. The molecule has 0 radical (unpaired) electrons. The molecule has 0 saturated carbocycles. The lowest BCUT2D eigenvalue weighted by Crippen LogP contribution is -2.39. The molecule has 1 N–H and O–H groups in total. The van der Waals surface area contributed by atoms with Crippen LogP contribution in [0.4, 0.5) is 11.4 Å². The Balaban J connectivity index is 3.03. The van der Waals surface area contributed by atoms with Crippen LogP contribution >= 0.6 is 0 Å². The number of amides is 1. The molecule has 1 atom stereocenters. The predicted octanol–water partition coefficient (Wildman–Crippen LogP) is 2.12. The number of carbonyl (C=O) groups is 2. The van der Waals surface area contributed by atoms with Crippen LogP contribution in [0, 0.1) is 10.1 Å². The maximum atomic E-state index is 12.1. The summed E-state index contributed by atoms with van der Waals surface area (Å²) in [5.41, 5.74) is 0.420. The SMILES string of the molecule is CCCCN(C)c1ccc(C(=O)NC(C)C(=O)OC)cc1[N+](=O)[O-]. The Kier molecular flexibility index (Phi) is 7.16. The number of methoxy groups -OCH3 is 1. The Morgan fingerprint density at radius 2 is 2.08 bits per heavy atom. The number of ether oxygens (including phenoxy) is 1. The molecule has 8 heteroatoms. The molecule has 8 nitrogen and oxygen atoms in total. The highest BCUT2D eigenvalue weighted by molar-refractivity contribution is 5.98. The Morgan fingerprint density at radius 3 is 2.62 bits per heavy atom. The van der Waals surface area contributed by atoms with Gasteiger partial charge in [0.15, 0.2) is 0 Å². The topological polar surface area (TPSA) is 102 Å². The van der Waals surface area contributed by atoms with Crippen molar-refractivity contribution >= 4 is 23.3 Å². The van der Waals surface area contributed by atoms with Crippen LogP contribution in [0.2, 0.25) is 0 Å². The third kappa shape index (κ3) is 4.94. The van der Waals surface area contributed by atoms with E-state index in [4.69, 9.17) is 0 Å². The van der Waals surface area contributed by atoms with Crippen molar-refractivity contribution < 1.29 is 19.2 Å². The van der Waals surface area contributed by atoms with E-state index in [9.17, 15) is 19.7 Å². The normalized spacial score (nSPS) is 11.5. The minimum Gasteiger partial charge on any atom is -0.467 e. The number of hydrogen-bond acceptors (Lipinski definition) is 6. The van der Waals surface area contributed by atoms with Gasteiger partial charge in [-0.1, -0.05) is 13.3 Å². The Labute approximate surface area is 140 Å². The average Bonchev–Trinajstić information content (AvgIpc) is 2.57. The Bertz CT molecular complexity index is 618. The molecule has 0 aromatic heterocycles. The van der Waals surface area contributed by atoms with Crippen LogP contribution in [0.25, 0.3) is 0 Å². The lowest BCUT2D eigenvalue weighted by Gasteiger charge is -2.19. The third-order valence-electron chi connectivity index (χ3n) is 3.59. The highest BCUT2D eigenvalue weighted by Crippen LogP contribution is 2.28. The van der Waals surface area contributed by atoms with E-state index in [0.717, 1.165) is 12.8 Å². The number of benzene rings is 1. The van der Waals surface area contributed by atoms with Crippen LogP contribution in [0.15, 0.2) is 18.2 Å². The predicted molar refractivity (Wildman–Crippen MR) is 90.2 cm³/mol. The number of rotatable bonds is 8. The van der Waals surface area contributed by atoms with Crippen LogP contribution in [-0.2, 0) is 9.53 Å². The second-order valence-corrected chi connectivity index (χ2v) is 5.45. The van der Waals surface area contributed by atoms with E-state index in [1.54, 1.807) is 18.0 Å². The number of hydrogen-bond donors (Lipinski definition) is 1. The summed E-state index contributed by atoms with van der Waals surface area (Å²) in [7, 11) is 2.99. The zero-order chi connectivity index (χ0) is 18.3. The number of nitrogens with one attached hydrogen (secondary N) is 1. The maximum absolute atomic E-state index is 12.1. The highest BCUT2D eigenvalue weighted by Gasteiger charge is 2.22. The standard InChI is InChI=1S/C16H23N3O5/c1-5-6-9-18(3)13-8-7-12(10-14(13)19(22)23)15(20)17-11(2)16(21)24-4/h7-8,10-11H,5-6,9H2,1-4H3,(H,17,20). The second kappa shape index (κ2) is 8.85. The average molecular weight is 337 g/mol. The van der Waals surface area contributed by atoms with Crippen LogP contribution in [0.5, 0.6) is 0 Å². The van der Waals surface area contributed by atoms with Crippen molar-refractivity contribution in [1.29, 1.82) is 0 Å². The van der Waals surface area contributed by atoms with Gasteiger partial charge in [0.05, 0.1) is 12.0 Å². The summed E-state index contributed by atoms with van der Waals surface area (Å²) in [5, 5.41) is 13.8. The van der Waals surface area contributed by atoms with Crippen molar-refractivity contribution in [2.24, 2.45) is 0 Å². The van der Waals surface area contributed by atoms with E-state index in [-0.39, 0.29) is 11.3 Å². The molecule has 24 heavy (non-hydrogen) atoms. The quantitative estimate of drug-likeness (QED) is 0.443. The molecule has 0 bridgehead atoms. The van der Waals surface area contributed by atoms with Crippen molar-refractivity contribution in [3.63, 3.8) is 0 Å².